The van der Waals surface area contributed by atoms with E-state index in [1.54, 1.807) is 0 Å². The van der Waals surface area contributed by atoms with Crippen LogP contribution in [0.3, 0.4) is 0 Å². The van der Waals surface area contributed by atoms with Gasteiger partial charge in [-0.25, -0.2) is 10.2 Å². The van der Waals surface area contributed by atoms with Gasteiger partial charge in [0.2, 0.25) is 0 Å². The quantitative estimate of drug-likeness (QED) is 0.371. The van der Waals surface area contributed by atoms with Gasteiger partial charge in [-0.2, -0.15) is 5.10 Å². The molecule has 0 fully saturated rings. The lowest BCUT2D eigenvalue weighted by Crippen LogP contribution is -2.25. The van der Waals surface area contributed by atoms with Crippen molar-refractivity contribution < 1.29 is 4.79 Å². The Morgan fingerprint density at radius 3 is 2.54 bits per heavy atom. The minimum absolute atomic E-state index is 0.596. The number of unbranched alkanes of at least 4 members (excludes halogenated alkanes) is 2. The molecule has 2 amide bonds. The van der Waals surface area contributed by atoms with Crippen LogP contribution in [0, 0.1) is 0 Å². The number of nitrogens with two attached hydrogens (primary N) is 1. The predicted molar refractivity (Wildman–Crippen MR) is 54.6 cm³/mol. The fraction of sp³-hybridized carbons (Fsp3) is 0.778. The van der Waals surface area contributed by atoms with E-state index < -0.39 is 6.03 Å². The van der Waals surface area contributed by atoms with E-state index in [2.05, 4.69) is 17.5 Å². The van der Waals surface area contributed by atoms with E-state index in [9.17, 15) is 4.79 Å². The van der Waals surface area contributed by atoms with Gasteiger partial charge in [-0.3, -0.25) is 0 Å². The van der Waals surface area contributed by atoms with Crippen LogP contribution in [0.1, 0.15) is 46.0 Å². The molecule has 0 heterocycles. The third kappa shape index (κ3) is 7.31. The summed E-state index contributed by atoms with van der Waals surface area (Å²) < 4.78 is 0. The monoisotopic (exact) mass is 185 g/mol. The zero-order valence-electron chi connectivity index (χ0n) is 8.47. The van der Waals surface area contributed by atoms with Crippen LogP contribution >= 0.6 is 0 Å². The van der Waals surface area contributed by atoms with E-state index in [-0.39, 0.29) is 0 Å². The Hall–Kier alpha value is -1.06. The molecule has 0 unspecified atom stereocenters. The molecule has 4 nitrogen and oxygen atoms in total. The van der Waals surface area contributed by atoms with Crippen molar-refractivity contribution in [2.75, 3.05) is 0 Å². The first kappa shape index (κ1) is 11.9. The molecule has 0 rings (SSSR count). The van der Waals surface area contributed by atoms with E-state index >= 15 is 0 Å². The minimum Gasteiger partial charge on any atom is -0.350 e. The van der Waals surface area contributed by atoms with E-state index in [0.717, 1.165) is 25.0 Å². The topological polar surface area (TPSA) is 67.5 Å². The van der Waals surface area contributed by atoms with Crippen molar-refractivity contribution >= 4 is 11.7 Å². The second-order valence-corrected chi connectivity index (χ2v) is 2.96. The van der Waals surface area contributed by atoms with Gasteiger partial charge in [-0.05, 0) is 19.3 Å². The van der Waals surface area contributed by atoms with Crippen molar-refractivity contribution in [2.45, 2.75) is 46.0 Å². The molecule has 76 valence electrons. The van der Waals surface area contributed by atoms with Crippen LogP contribution in [0.2, 0.25) is 0 Å². The molecule has 0 bridgehead atoms. The van der Waals surface area contributed by atoms with Crippen molar-refractivity contribution in [3.63, 3.8) is 0 Å². The summed E-state index contributed by atoms with van der Waals surface area (Å²) in [4.78, 5) is 10.4. The average Bonchev–Trinajstić information content (AvgIpc) is 2.10. The number of amides is 2. The Bertz CT molecular complexity index is 178. The van der Waals surface area contributed by atoms with Crippen LogP contribution in [0.5, 0.6) is 0 Å². The maximum Gasteiger partial charge on any atom is 0.332 e. The molecule has 0 radical (unpaired) electrons. The summed E-state index contributed by atoms with van der Waals surface area (Å²) in [6.45, 7) is 4.18. The highest BCUT2D eigenvalue weighted by molar-refractivity contribution is 5.85. The smallest absolute Gasteiger partial charge is 0.332 e. The largest absolute Gasteiger partial charge is 0.350 e. The number of urea groups is 1. The summed E-state index contributed by atoms with van der Waals surface area (Å²) >= 11 is 0. The van der Waals surface area contributed by atoms with Crippen molar-refractivity contribution in [1.29, 1.82) is 0 Å². The first-order chi connectivity index (χ1) is 6.20. The molecule has 0 aliphatic carbocycles. The fourth-order valence-corrected chi connectivity index (χ4v) is 1.02. The number of carbonyl (C=O) groups excluding carboxylic acids is 1. The molecule has 0 aromatic carbocycles. The average molecular weight is 185 g/mol. The Balaban J connectivity index is 3.73. The van der Waals surface area contributed by atoms with E-state index in [1.807, 2.05) is 6.92 Å². The second-order valence-electron chi connectivity index (χ2n) is 2.96. The Labute approximate surface area is 79.6 Å². The molecule has 0 saturated heterocycles. The SMILES string of the molecule is CCCCC/C(CC)=N/NC(N)=O. The van der Waals surface area contributed by atoms with Crippen LogP contribution in [-0.2, 0) is 0 Å². The number of hydrogen-bond donors (Lipinski definition) is 2. The fourth-order valence-electron chi connectivity index (χ4n) is 1.02. The number of carbonyl (C=O) groups is 1. The van der Waals surface area contributed by atoms with Gasteiger partial charge < -0.3 is 5.73 Å². The Morgan fingerprint density at radius 1 is 1.38 bits per heavy atom. The highest BCUT2D eigenvalue weighted by Crippen LogP contribution is 2.02. The summed E-state index contributed by atoms with van der Waals surface area (Å²) in [7, 11) is 0. The third-order valence-electron chi connectivity index (χ3n) is 1.80. The zero-order chi connectivity index (χ0) is 10.1. The normalized spacial score (nSPS) is 11.4. The number of nitrogens with zero attached hydrogens (tertiary/aromatic N) is 1. The number of nitrogens with one attached hydrogen (secondary N) is 1. The lowest BCUT2D eigenvalue weighted by molar-refractivity contribution is 0.249. The van der Waals surface area contributed by atoms with Crippen molar-refractivity contribution in [3.8, 4) is 0 Å². The number of rotatable bonds is 6. The van der Waals surface area contributed by atoms with E-state index in [4.69, 9.17) is 5.73 Å². The second kappa shape index (κ2) is 7.58. The van der Waals surface area contributed by atoms with Crippen molar-refractivity contribution in [1.82, 2.24) is 5.43 Å². The van der Waals surface area contributed by atoms with Gasteiger partial charge in [-0.1, -0.05) is 26.7 Å². The molecule has 0 saturated carbocycles. The molecule has 0 aromatic heterocycles. The van der Waals surface area contributed by atoms with Gasteiger partial charge in [0.15, 0.2) is 0 Å². The summed E-state index contributed by atoms with van der Waals surface area (Å²) in [5, 5.41) is 3.91. The van der Waals surface area contributed by atoms with Gasteiger partial charge in [0.1, 0.15) is 0 Å². The van der Waals surface area contributed by atoms with Crippen molar-refractivity contribution in [2.24, 2.45) is 10.8 Å². The molecule has 0 aliphatic rings. The first-order valence-corrected chi connectivity index (χ1v) is 4.81. The highest BCUT2D eigenvalue weighted by Gasteiger charge is 1.96. The maximum absolute atomic E-state index is 10.4. The summed E-state index contributed by atoms with van der Waals surface area (Å²) in [6, 6.07) is -0.596. The lowest BCUT2D eigenvalue weighted by Gasteiger charge is -2.02. The lowest BCUT2D eigenvalue weighted by atomic mass is 10.1. The Morgan fingerprint density at radius 2 is 2.08 bits per heavy atom. The van der Waals surface area contributed by atoms with Gasteiger partial charge in [0, 0.05) is 5.71 Å². The standard InChI is InChI=1S/C9H19N3O/c1-3-5-6-7-8(4-2)11-12-9(10)13/h3-7H2,1-2H3,(H3,10,12,13)/b11-8+. The van der Waals surface area contributed by atoms with E-state index in [0.29, 0.717) is 0 Å². The van der Waals surface area contributed by atoms with Gasteiger partial charge in [0.05, 0.1) is 0 Å². The highest BCUT2D eigenvalue weighted by atomic mass is 16.2. The molecule has 0 aromatic rings. The van der Waals surface area contributed by atoms with Crippen molar-refractivity contribution in [3.05, 3.63) is 0 Å². The number of primary amides is 1. The summed E-state index contributed by atoms with van der Waals surface area (Å²) in [5.41, 5.74) is 8.15. The molecular weight excluding hydrogens is 166 g/mol. The molecule has 0 atom stereocenters. The molecular formula is C9H19N3O. The van der Waals surface area contributed by atoms with Crippen LogP contribution in [0.4, 0.5) is 4.79 Å². The Kier molecular flexibility index (Phi) is 6.96. The summed E-state index contributed by atoms with van der Waals surface area (Å²) in [5.74, 6) is 0. The van der Waals surface area contributed by atoms with Crippen LogP contribution in [0.15, 0.2) is 5.10 Å². The van der Waals surface area contributed by atoms with Gasteiger partial charge in [0.25, 0.3) is 0 Å². The van der Waals surface area contributed by atoms with Crippen LogP contribution in [0.25, 0.3) is 0 Å². The van der Waals surface area contributed by atoms with Crippen LogP contribution in [-0.4, -0.2) is 11.7 Å². The molecule has 3 N–H and O–H groups in total. The third-order valence-corrected chi connectivity index (χ3v) is 1.80. The van der Waals surface area contributed by atoms with Gasteiger partial charge >= 0.3 is 6.03 Å². The molecule has 0 spiro atoms. The predicted octanol–water partition coefficient (Wildman–Crippen LogP) is 2.00. The molecule has 0 aliphatic heterocycles. The van der Waals surface area contributed by atoms with Gasteiger partial charge in [-0.15, -0.1) is 0 Å². The first-order valence-electron chi connectivity index (χ1n) is 4.81. The number of hydrogen-bond acceptors (Lipinski definition) is 2. The molecule has 4 heteroatoms. The number of hydrazone groups is 1. The summed E-state index contributed by atoms with van der Waals surface area (Å²) in [6.07, 6.45) is 5.34. The minimum atomic E-state index is -0.596. The van der Waals surface area contributed by atoms with E-state index in [1.165, 1.54) is 12.8 Å². The zero-order valence-corrected chi connectivity index (χ0v) is 8.47. The molecule has 13 heavy (non-hydrogen) atoms. The van der Waals surface area contributed by atoms with Crippen LogP contribution < -0.4 is 11.2 Å². The maximum atomic E-state index is 10.4.